The summed E-state index contributed by atoms with van der Waals surface area (Å²) in [6.07, 6.45) is 5.76. The zero-order valence-electron chi connectivity index (χ0n) is 8.04. The molecule has 0 saturated heterocycles. The lowest BCUT2D eigenvalue weighted by atomic mass is 10.3. The highest BCUT2D eigenvalue weighted by atomic mass is 16.3. The molecule has 0 spiro atoms. The molecule has 0 bridgehead atoms. The molecule has 0 atom stereocenters. The van der Waals surface area contributed by atoms with Crippen LogP contribution in [-0.2, 0) is 0 Å². The second kappa shape index (κ2) is 5.47. The molecule has 0 aliphatic heterocycles. The number of allylic oxidation sites excluding steroid dienone is 3. The van der Waals surface area contributed by atoms with Gasteiger partial charge in [-0.25, -0.2) is 0 Å². The molecule has 0 aromatic heterocycles. The van der Waals surface area contributed by atoms with Crippen LogP contribution in [0.4, 0.5) is 0 Å². The minimum Gasteiger partial charge on any atom is -0.495 e. The minimum absolute atomic E-state index is 0.0812. The van der Waals surface area contributed by atoms with E-state index in [2.05, 4.69) is 6.58 Å². The van der Waals surface area contributed by atoms with Gasteiger partial charge in [0.2, 0.25) is 0 Å². The van der Waals surface area contributed by atoms with E-state index >= 15 is 0 Å². The maximum Gasteiger partial charge on any atom is 0.183 e. The summed E-state index contributed by atoms with van der Waals surface area (Å²) in [4.78, 5) is 1.67. The first-order valence-electron chi connectivity index (χ1n) is 4.07. The summed E-state index contributed by atoms with van der Waals surface area (Å²) in [6, 6.07) is 0. The quantitative estimate of drug-likeness (QED) is 0.514. The van der Waals surface area contributed by atoms with E-state index in [4.69, 9.17) is 5.11 Å². The normalized spacial score (nSPS) is 12.1. The van der Waals surface area contributed by atoms with Crippen molar-refractivity contribution in [3.05, 3.63) is 36.4 Å². The van der Waals surface area contributed by atoms with Gasteiger partial charge < -0.3 is 10.0 Å². The average Bonchev–Trinajstić information content (AvgIpc) is 2.04. The van der Waals surface area contributed by atoms with Crippen LogP contribution in [0.3, 0.4) is 0 Å². The molecule has 0 rings (SSSR count). The lowest BCUT2D eigenvalue weighted by Gasteiger charge is -2.15. The molecule has 0 aromatic carbocycles. The van der Waals surface area contributed by atoms with Crippen LogP contribution in [0.15, 0.2) is 36.4 Å². The SMILES string of the molecule is C=C(O)N(/C=C\C(C)=C\C)CC. The molecule has 0 aliphatic carbocycles. The molecular formula is C10H17NO. The number of hydrogen-bond acceptors (Lipinski definition) is 2. The van der Waals surface area contributed by atoms with Crippen LogP contribution in [0.25, 0.3) is 0 Å². The summed E-state index contributed by atoms with van der Waals surface area (Å²) >= 11 is 0. The van der Waals surface area contributed by atoms with Crippen molar-refractivity contribution in [1.29, 1.82) is 0 Å². The second-order valence-electron chi connectivity index (χ2n) is 2.55. The van der Waals surface area contributed by atoms with Crippen LogP contribution in [0.5, 0.6) is 0 Å². The van der Waals surface area contributed by atoms with E-state index in [0.29, 0.717) is 0 Å². The molecule has 0 aliphatic rings. The average molecular weight is 167 g/mol. The maximum atomic E-state index is 9.06. The molecule has 0 saturated carbocycles. The zero-order chi connectivity index (χ0) is 9.56. The first-order chi connectivity index (χ1) is 5.61. The summed E-state index contributed by atoms with van der Waals surface area (Å²) in [5.74, 6) is 0.0812. The number of nitrogens with zero attached hydrogens (tertiary/aromatic N) is 1. The minimum atomic E-state index is 0.0812. The molecule has 0 fully saturated rings. The molecule has 0 amide bonds. The second-order valence-corrected chi connectivity index (χ2v) is 2.55. The smallest absolute Gasteiger partial charge is 0.183 e. The van der Waals surface area contributed by atoms with Crippen molar-refractivity contribution in [1.82, 2.24) is 4.90 Å². The van der Waals surface area contributed by atoms with E-state index in [1.807, 2.05) is 39.1 Å². The third kappa shape index (κ3) is 3.86. The van der Waals surface area contributed by atoms with Gasteiger partial charge in [-0.05, 0) is 33.4 Å². The molecular weight excluding hydrogens is 150 g/mol. The molecule has 1 N–H and O–H groups in total. The van der Waals surface area contributed by atoms with Crippen molar-refractivity contribution in [2.75, 3.05) is 6.54 Å². The first-order valence-corrected chi connectivity index (χ1v) is 4.07. The molecule has 0 heterocycles. The van der Waals surface area contributed by atoms with E-state index in [9.17, 15) is 0 Å². The zero-order valence-corrected chi connectivity index (χ0v) is 8.04. The Kier molecular flexibility index (Phi) is 4.93. The Balaban J connectivity index is 4.20. The molecule has 68 valence electrons. The Bertz CT molecular complexity index is 204. The Labute approximate surface area is 74.5 Å². The fraction of sp³-hybridized carbons (Fsp3) is 0.400. The van der Waals surface area contributed by atoms with Crippen LogP contribution >= 0.6 is 0 Å². The van der Waals surface area contributed by atoms with Crippen LogP contribution in [0.2, 0.25) is 0 Å². The lowest BCUT2D eigenvalue weighted by molar-refractivity contribution is 0.264. The first kappa shape index (κ1) is 10.8. The summed E-state index contributed by atoms with van der Waals surface area (Å²) in [5.41, 5.74) is 1.16. The number of aliphatic hydroxyl groups excluding tert-OH is 1. The highest BCUT2D eigenvalue weighted by Crippen LogP contribution is 2.01. The number of aliphatic hydroxyl groups is 1. The Morgan fingerprint density at radius 2 is 2.17 bits per heavy atom. The summed E-state index contributed by atoms with van der Waals surface area (Å²) in [6.45, 7) is 10.1. The fourth-order valence-electron chi connectivity index (χ4n) is 0.678. The van der Waals surface area contributed by atoms with E-state index in [-0.39, 0.29) is 5.88 Å². The molecule has 12 heavy (non-hydrogen) atoms. The highest BCUT2D eigenvalue weighted by Gasteiger charge is 1.96. The Hall–Kier alpha value is -1.18. The molecule has 0 aromatic rings. The van der Waals surface area contributed by atoms with Gasteiger partial charge in [-0.2, -0.15) is 0 Å². The number of hydrogen-bond donors (Lipinski definition) is 1. The topological polar surface area (TPSA) is 23.5 Å². The van der Waals surface area contributed by atoms with Crippen LogP contribution in [0.1, 0.15) is 20.8 Å². The summed E-state index contributed by atoms with van der Waals surface area (Å²) < 4.78 is 0. The van der Waals surface area contributed by atoms with Gasteiger partial charge in [0.05, 0.1) is 0 Å². The predicted octanol–water partition coefficient (Wildman–Crippen LogP) is 2.82. The molecule has 2 heteroatoms. The lowest BCUT2D eigenvalue weighted by Crippen LogP contribution is -2.14. The fourth-order valence-corrected chi connectivity index (χ4v) is 0.678. The monoisotopic (exact) mass is 167 g/mol. The van der Waals surface area contributed by atoms with Crippen molar-refractivity contribution in [2.45, 2.75) is 20.8 Å². The molecule has 2 nitrogen and oxygen atoms in total. The van der Waals surface area contributed by atoms with Crippen molar-refractivity contribution < 1.29 is 5.11 Å². The largest absolute Gasteiger partial charge is 0.495 e. The van der Waals surface area contributed by atoms with Gasteiger partial charge in [-0.15, -0.1) is 0 Å². The van der Waals surface area contributed by atoms with Gasteiger partial charge in [0, 0.05) is 12.7 Å². The van der Waals surface area contributed by atoms with Gasteiger partial charge in [0.25, 0.3) is 0 Å². The standard InChI is InChI=1S/C10H17NO/c1-5-9(3)7-8-11(6-2)10(4)12/h5,7-8,12H,4,6H2,1-3H3/b8-7-,9-5+. The van der Waals surface area contributed by atoms with Gasteiger partial charge >= 0.3 is 0 Å². The maximum absolute atomic E-state index is 9.06. The van der Waals surface area contributed by atoms with E-state index < -0.39 is 0 Å². The van der Waals surface area contributed by atoms with E-state index in [1.54, 1.807) is 4.90 Å². The van der Waals surface area contributed by atoms with E-state index in [1.165, 1.54) is 0 Å². The van der Waals surface area contributed by atoms with Gasteiger partial charge in [-0.1, -0.05) is 11.6 Å². The van der Waals surface area contributed by atoms with Crippen molar-refractivity contribution in [3.8, 4) is 0 Å². The van der Waals surface area contributed by atoms with Crippen LogP contribution < -0.4 is 0 Å². The van der Waals surface area contributed by atoms with E-state index in [0.717, 1.165) is 12.1 Å². The van der Waals surface area contributed by atoms with Crippen molar-refractivity contribution in [2.24, 2.45) is 0 Å². The number of rotatable bonds is 4. The Morgan fingerprint density at radius 3 is 2.50 bits per heavy atom. The van der Waals surface area contributed by atoms with Gasteiger partial charge in [-0.3, -0.25) is 0 Å². The van der Waals surface area contributed by atoms with Crippen molar-refractivity contribution in [3.63, 3.8) is 0 Å². The van der Waals surface area contributed by atoms with Crippen LogP contribution in [-0.4, -0.2) is 16.6 Å². The molecule has 0 radical (unpaired) electrons. The highest BCUT2D eigenvalue weighted by molar-refractivity contribution is 5.15. The summed E-state index contributed by atoms with van der Waals surface area (Å²) in [7, 11) is 0. The van der Waals surface area contributed by atoms with Gasteiger partial charge in [0.1, 0.15) is 0 Å². The molecule has 0 unspecified atom stereocenters. The third-order valence-electron chi connectivity index (χ3n) is 1.64. The van der Waals surface area contributed by atoms with Crippen LogP contribution in [0, 0.1) is 0 Å². The van der Waals surface area contributed by atoms with Gasteiger partial charge in [0.15, 0.2) is 5.88 Å². The van der Waals surface area contributed by atoms with Crippen molar-refractivity contribution >= 4 is 0 Å². The Morgan fingerprint density at radius 1 is 1.58 bits per heavy atom. The third-order valence-corrected chi connectivity index (χ3v) is 1.64. The summed E-state index contributed by atoms with van der Waals surface area (Å²) in [5, 5.41) is 9.06. The predicted molar refractivity (Wildman–Crippen MR) is 52.7 cm³/mol.